The Balaban J connectivity index is 1.82. The van der Waals surface area contributed by atoms with E-state index in [1.165, 1.54) is 24.3 Å². The predicted octanol–water partition coefficient (Wildman–Crippen LogP) is 3.22. The number of halogens is 1. The van der Waals surface area contributed by atoms with Gasteiger partial charge in [-0.3, -0.25) is 19.7 Å². The SMILES string of the molecule is O=C(Cn1nc(-c2ccc(Br)cc2)ccc1=O)Nc1ccccc1[N+](=O)[O-]. The zero-order chi connectivity index (χ0) is 19.4. The highest BCUT2D eigenvalue weighted by molar-refractivity contribution is 9.10. The van der Waals surface area contributed by atoms with Crippen molar-refractivity contribution in [2.45, 2.75) is 6.54 Å². The van der Waals surface area contributed by atoms with Crippen molar-refractivity contribution in [1.82, 2.24) is 9.78 Å². The van der Waals surface area contributed by atoms with Crippen LogP contribution in [-0.4, -0.2) is 20.6 Å². The molecule has 3 aromatic rings. The number of aromatic nitrogens is 2. The summed E-state index contributed by atoms with van der Waals surface area (Å²) in [7, 11) is 0. The molecule has 1 N–H and O–H groups in total. The van der Waals surface area contributed by atoms with E-state index in [1.807, 2.05) is 24.3 Å². The van der Waals surface area contributed by atoms with Gasteiger partial charge in [-0.15, -0.1) is 0 Å². The van der Waals surface area contributed by atoms with Gasteiger partial charge in [0, 0.05) is 22.2 Å². The smallest absolute Gasteiger partial charge is 0.292 e. The van der Waals surface area contributed by atoms with E-state index >= 15 is 0 Å². The van der Waals surface area contributed by atoms with E-state index in [-0.39, 0.29) is 17.9 Å². The van der Waals surface area contributed by atoms with Gasteiger partial charge in [0.25, 0.3) is 11.2 Å². The van der Waals surface area contributed by atoms with Gasteiger partial charge in [-0.05, 0) is 24.3 Å². The van der Waals surface area contributed by atoms with E-state index < -0.39 is 16.4 Å². The van der Waals surface area contributed by atoms with Gasteiger partial charge in [-0.2, -0.15) is 5.10 Å². The second kappa shape index (κ2) is 7.92. The molecule has 2 aromatic carbocycles. The summed E-state index contributed by atoms with van der Waals surface area (Å²) >= 11 is 3.35. The second-order valence-corrected chi connectivity index (χ2v) is 6.46. The maximum absolute atomic E-state index is 12.3. The number of amides is 1. The van der Waals surface area contributed by atoms with Gasteiger partial charge in [0.1, 0.15) is 12.2 Å². The molecule has 1 aromatic heterocycles. The Labute approximate surface area is 161 Å². The topological polar surface area (TPSA) is 107 Å². The molecule has 3 rings (SSSR count). The highest BCUT2D eigenvalue weighted by atomic mass is 79.9. The van der Waals surface area contributed by atoms with Crippen LogP contribution in [0.25, 0.3) is 11.3 Å². The third-order valence-electron chi connectivity index (χ3n) is 3.67. The van der Waals surface area contributed by atoms with Crippen molar-refractivity contribution < 1.29 is 9.72 Å². The maximum atomic E-state index is 12.3. The van der Waals surface area contributed by atoms with E-state index in [4.69, 9.17) is 0 Å². The summed E-state index contributed by atoms with van der Waals surface area (Å²) in [6.45, 7) is -0.366. The van der Waals surface area contributed by atoms with E-state index in [0.29, 0.717) is 5.69 Å². The molecule has 27 heavy (non-hydrogen) atoms. The van der Waals surface area contributed by atoms with Gasteiger partial charge in [-0.1, -0.05) is 40.2 Å². The first-order valence-corrected chi connectivity index (χ1v) is 8.61. The van der Waals surface area contributed by atoms with Crippen LogP contribution in [-0.2, 0) is 11.3 Å². The molecule has 0 atom stereocenters. The average Bonchev–Trinajstić information content (AvgIpc) is 2.64. The molecule has 0 spiro atoms. The minimum atomic E-state index is -0.591. The number of benzene rings is 2. The normalized spacial score (nSPS) is 10.4. The number of para-hydroxylation sites is 2. The largest absolute Gasteiger partial charge is 0.319 e. The van der Waals surface area contributed by atoms with Crippen molar-refractivity contribution in [3.8, 4) is 11.3 Å². The van der Waals surface area contributed by atoms with Crippen molar-refractivity contribution in [2.75, 3.05) is 5.32 Å². The summed E-state index contributed by atoms with van der Waals surface area (Å²) in [5, 5.41) is 17.7. The number of nitro groups is 1. The van der Waals surface area contributed by atoms with E-state index in [2.05, 4.69) is 26.3 Å². The van der Waals surface area contributed by atoms with Crippen LogP contribution >= 0.6 is 15.9 Å². The van der Waals surface area contributed by atoms with Gasteiger partial charge in [0.15, 0.2) is 0 Å². The third kappa shape index (κ3) is 4.45. The third-order valence-corrected chi connectivity index (χ3v) is 4.20. The fraction of sp³-hybridized carbons (Fsp3) is 0.0556. The van der Waals surface area contributed by atoms with Crippen molar-refractivity contribution in [3.63, 3.8) is 0 Å². The van der Waals surface area contributed by atoms with Crippen molar-refractivity contribution in [1.29, 1.82) is 0 Å². The van der Waals surface area contributed by atoms with Crippen LogP contribution < -0.4 is 10.9 Å². The second-order valence-electron chi connectivity index (χ2n) is 5.54. The maximum Gasteiger partial charge on any atom is 0.292 e. The molecule has 0 bridgehead atoms. The lowest BCUT2D eigenvalue weighted by molar-refractivity contribution is -0.383. The lowest BCUT2D eigenvalue weighted by Crippen LogP contribution is -2.29. The molecule has 8 nitrogen and oxygen atoms in total. The van der Waals surface area contributed by atoms with E-state index in [1.54, 1.807) is 12.1 Å². The Hall–Kier alpha value is -3.33. The summed E-state index contributed by atoms with van der Waals surface area (Å²) in [5.74, 6) is -0.591. The lowest BCUT2D eigenvalue weighted by Gasteiger charge is -2.08. The zero-order valence-electron chi connectivity index (χ0n) is 13.8. The number of nitro benzene ring substituents is 1. The highest BCUT2D eigenvalue weighted by Crippen LogP contribution is 2.23. The molecular formula is C18H13BrN4O4. The predicted molar refractivity (Wildman–Crippen MR) is 103 cm³/mol. The summed E-state index contributed by atoms with van der Waals surface area (Å²) < 4.78 is 1.92. The lowest BCUT2D eigenvalue weighted by atomic mass is 10.1. The molecule has 0 saturated heterocycles. The van der Waals surface area contributed by atoms with Crippen LogP contribution in [0.4, 0.5) is 11.4 Å². The zero-order valence-corrected chi connectivity index (χ0v) is 15.4. The summed E-state index contributed by atoms with van der Waals surface area (Å²) in [4.78, 5) is 34.7. The molecule has 0 aliphatic heterocycles. The number of anilines is 1. The Kier molecular flexibility index (Phi) is 5.41. The first-order chi connectivity index (χ1) is 12.9. The monoisotopic (exact) mass is 428 g/mol. The Bertz CT molecular complexity index is 1060. The minimum absolute atomic E-state index is 0.0598. The molecule has 9 heteroatoms. The number of rotatable bonds is 5. The van der Waals surface area contributed by atoms with Crippen molar-refractivity contribution >= 4 is 33.2 Å². The van der Waals surface area contributed by atoms with Gasteiger partial charge >= 0.3 is 0 Å². The first-order valence-electron chi connectivity index (χ1n) is 7.81. The summed E-state index contributed by atoms with van der Waals surface area (Å²) in [6.07, 6.45) is 0. The van der Waals surface area contributed by atoms with Crippen molar-refractivity contribution in [3.05, 3.63) is 85.6 Å². The molecule has 136 valence electrons. The van der Waals surface area contributed by atoms with E-state index in [0.717, 1.165) is 14.7 Å². The minimum Gasteiger partial charge on any atom is -0.319 e. The standard InChI is InChI=1S/C18H13BrN4O4/c19-13-7-5-12(6-8-13)14-9-10-18(25)22(21-14)11-17(24)20-15-3-1-2-4-16(15)23(26)27/h1-10H,11H2,(H,20,24). The molecule has 1 amide bonds. The molecule has 0 aliphatic rings. The quantitative estimate of drug-likeness (QED) is 0.495. The van der Waals surface area contributed by atoms with Crippen LogP contribution in [0.5, 0.6) is 0 Å². The van der Waals surface area contributed by atoms with Crippen LogP contribution in [0.1, 0.15) is 0 Å². The van der Waals surface area contributed by atoms with Crippen LogP contribution in [0.15, 0.2) is 69.9 Å². The Morgan fingerprint density at radius 3 is 2.52 bits per heavy atom. The fourth-order valence-corrected chi connectivity index (χ4v) is 2.67. The molecule has 0 radical (unpaired) electrons. The first kappa shape index (κ1) is 18.5. The number of carbonyl (C=O) groups excluding carboxylic acids is 1. The molecule has 0 fully saturated rings. The number of hydrogen-bond acceptors (Lipinski definition) is 5. The van der Waals surface area contributed by atoms with Gasteiger partial charge in [0.2, 0.25) is 5.91 Å². The van der Waals surface area contributed by atoms with Gasteiger partial charge in [-0.25, -0.2) is 4.68 Å². The average molecular weight is 429 g/mol. The Morgan fingerprint density at radius 1 is 1.11 bits per heavy atom. The van der Waals surface area contributed by atoms with E-state index in [9.17, 15) is 19.7 Å². The highest BCUT2D eigenvalue weighted by Gasteiger charge is 2.15. The molecule has 0 unspecified atom stereocenters. The number of nitrogens with zero attached hydrogens (tertiary/aromatic N) is 3. The molecular weight excluding hydrogens is 416 g/mol. The van der Waals surface area contributed by atoms with Gasteiger partial charge < -0.3 is 5.32 Å². The van der Waals surface area contributed by atoms with Crippen LogP contribution in [0.3, 0.4) is 0 Å². The number of carbonyl (C=O) groups is 1. The summed E-state index contributed by atoms with van der Waals surface area (Å²) in [5.41, 5.74) is 0.694. The van der Waals surface area contributed by atoms with Gasteiger partial charge in [0.05, 0.1) is 10.6 Å². The van der Waals surface area contributed by atoms with Crippen molar-refractivity contribution in [2.24, 2.45) is 0 Å². The fourth-order valence-electron chi connectivity index (χ4n) is 2.40. The molecule has 1 heterocycles. The molecule has 0 saturated carbocycles. The van der Waals surface area contributed by atoms with Crippen LogP contribution in [0, 0.1) is 10.1 Å². The number of hydrogen-bond donors (Lipinski definition) is 1. The van der Waals surface area contributed by atoms with Crippen LogP contribution in [0.2, 0.25) is 0 Å². The molecule has 0 aliphatic carbocycles. The number of nitrogens with one attached hydrogen (secondary N) is 1. The summed E-state index contributed by atoms with van der Waals surface area (Å²) in [6, 6.07) is 16.0. The Morgan fingerprint density at radius 2 is 1.81 bits per heavy atom.